The first kappa shape index (κ1) is 16.0. The average molecular weight is 341 g/mol. The van der Waals surface area contributed by atoms with Gasteiger partial charge in [0.15, 0.2) is 0 Å². The van der Waals surface area contributed by atoms with E-state index in [-0.39, 0.29) is 11.2 Å². The Hall–Kier alpha value is -1.36. The fourth-order valence-corrected chi connectivity index (χ4v) is 2.89. The zero-order valence-corrected chi connectivity index (χ0v) is 13.6. The molecule has 0 fully saturated rings. The van der Waals surface area contributed by atoms with Crippen LogP contribution in [0.1, 0.15) is 6.92 Å². The molecule has 2 rings (SSSR count). The van der Waals surface area contributed by atoms with Crippen LogP contribution in [0.3, 0.4) is 0 Å². The van der Waals surface area contributed by atoms with Gasteiger partial charge in [-0.2, -0.15) is 0 Å². The first-order valence-corrected chi connectivity index (χ1v) is 7.87. The van der Waals surface area contributed by atoms with Crippen molar-refractivity contribution in [1.29, 1.82) is 0 Å². The molecule has 1 unspecified atom stereocenters. The van der Waals surface area contributed by atoms with E-state index in [0.717, 1.165) is 10.6 Å². The summed E-state index contributed by atoms with van der Waals surface area (Å²) in [5.74, 6) is -0.0872. The molecule has 0 aliphatic rings. The Bertz CT molecular complexity index is 647. The SMILES string of the molecule is CC(Sc1ccc(Cl)c(Cl)c1)C(=O)Nc1ccc(N)cc1. The molecule has 6 heteroatoms. The predicted octanol–water partition coefficient (Wildman–Crippen LogP) is 4.69. The number of amides is 1. The van der Waals surface area contributed by atoms with Crippen LogP contribution in [-0.4, -0.2) is 11.2 Å². The summed E-state index contributed by atoms with van der Waals surface area (Å²) in [7, 11) is 0. The molecule has 0 radical (unpaired) electrons. The van der Waals surface area contributed by atoms with E-state index in [2.05, 4.69) is 5.32 Å². The van der Waals surface area contributed by atoms with Gasteiger partial charge in [0.05, 0.1) is 15.3 Å². The summed E-state index contributed by atoms with van der Waals surface area (Å²) in [5.41, 5.74) is 6.98. The van der Waals surface area contributed by atoms with Gasteiger partial charge in [0.25, 0.3) is 0 Å². The number of hydrogen-bond donors (Lipinski definition) is 2. The number of nitrogens with two attached hydrogens (primary N) is 1. The van der Waals surface area contributed by atoms with Gasteiger partial charge in [0, 0.05) is 16.3 Å². The zero-order valence-electron chi connectivity index (χ0n) is 11.3. The Labute approximate surface area is 137 Å². The van der Waals surface area contributed by atoms with Gasteiger partial charge in [0.1, 0.15) is 0 Å². The summed E-state index contributed by atoms with van der Waals surface area (Å²) < 4.78 is 0. The molecular formula is C15H14Cl2N2OS. The molecule has 0 saturated carbocycles. The first-order chi connectivity index (χ1) is 9.95. The maximum atomic E-state index is 12.1. The van der Waals surface area contributed by atoms with E-state index in [1.165, 1.54) is 11.8 Å². The molecule has 21 heavy (non-hydrogen) atoms. The van der Waals surface area contributed by atoms with Crippen LogP contribution in [0.25, 0.3) is 0 Å². The van der Waals surface area contributed by atoms with Gasteiger partial charge in [0.2, 0.25) is 5.91 Å². The van der Waals surface area contributed by atoms with Crippen LogP contribution in [-0.2, 0) is 4.79 Å². The number of carbonyl (C=O) groups excluding carboxylic acids is 1. The lowest BCUT2D eigenvalue weighted by Gasteiger charge is -2.12. The fourth-order valence-electron chi connectivity index (χ4n) is 1.62. The lowest BCUT2D eigenvalue weighted by Crippen LogP contribution is -2.22. The van der Waals surface area contributed by atoms with Crippen molar-refractivity contribution in [3.63, 3.8) is 0 Å². The summed E-state index contributed by atoms with van der Waals surface area (Å²) >= 11 is 13.3. The number of halogens is 2. The molecule has 0 heterocycles. The first-order valence-electron chi connectivity index (χ1n) is 6.24. The Kier molecular flexibility index (Phi) is 5.39. The van der Waals surface area contributed by atoms with Crippen LogP contribution in [0, 0.1) is 0 Å². The van der Waals surface area contributed by atoms with Gasteiger partial charge >= 0.3 is 0 Å². The summed E-state index contributed by atoms with van der Waals surface area (Å²) in [4.78, 5) is 13.0. The molecular weight excluding hydrogens is 327 g/mol. The van der Waals surface area contributed by atoms with Crippen LogP contribution < -0.4 is 11.1 Å². The number of anilines is 2. The maximum Gasteiger partial charge on any atom is 0.237 e. The summed E-state index contributed by atoms with van der Waals surface area (Å²) in [6, 6.07) is 12.3. The maximum absolute atomic E-state index is 12.1. The molecule has 1 amide bonds. The lowest BCUT2D eigenvalue weighted by atomic mass is 10.3. The molecule has 3 nitrogen and oxygen atoms in total. The predicted molar refractivity (Wildman–Crippen MR) is 91.3 cm³/mol. The topological polar surface area (TPSA) is 55.1 Å². The molecule has 2 aromatic rings. The van der Waals surface area contributed by atoms with Gasteiger partial charge in [-0.1, -0.05) is 23.2 Å². The number of nitrogen functional groups attached to an aromatic ring is 1. The third-order valence-corrected chi connectivity index (χ3v) is 4.58. The quantitative estimate of drug-likeness (QED) is 0.626. The monoisotopic (exact) mass is 340 g/mol. The largest absolute Gasteiger partial charge is 0.399 e. The third-order valence-electron chi connectivity index (χ3n) is 2.75. The van der Waals surface area contributed by atoms with Gasteiger partial charge in [-0.15, -0.1) is 11.8 Å². The number of nitrogens with one attached hydrogen (secondary N) is 1. The highest BCUT2D eigenvalue weighted by Crippen LogP contribution is 2.30. The number of thioether (sulfide) groups is 1. The minimum absolute atomic E-state index is 0.0872. The number of rotatable bonds is 4. The van der Waals surface area contributed by atoms with Gasteiger partial charge in [-0.05, 0) is 49.4 Å². The van der Waals surface area contributed by atoms with E-state index in [0.29, 0.717) is 15.7 Å². The number of hydrogen-bond acceptors (Lipinski definition) is 3. The molecule has 0 aliphatic heterocycles. The lowest BCUT2D eigenvalue weighted by molar-refractivity contribution is -0.115. The standard InChI is InChI=1S/C15H14Cl2N2OS/c1-9(21-12-6-7-13(16)14(17)8-12)15(20)19-11-4-2-10(18)3-5-11/h2-9H,18H2,1H3,(H,19,20). The Morgan fingerprint density at radius 1 is 1.14 bits per heavy atom. The Morgan fingerprint density at radius 3 is 2.43 bits per heavy atom. The molecule has 0 saturated heterocycles. The van der Waals surface area contributed by atoms with Crippen LogP contribution in [0.2, 0.25) is 10.0 Å². The summed E-state index contributed by atoms with van der Waals surface area (Å²) in [5, 5.41) is 3.56. The van der Waals surface area contributed by atoms with Crippen molar-refractivity contribution in [3.8, 4) is 0 Å². The van der Waals surface area contributed by atoms with Crippen molar-refractivity contribution in [2.75, 3.05) is 11.1 Å². The third kappa shape index (κ3) is 4.56. The van der Waals surface area contributed by atoms with E-state index in [9.17, 15) is 4.79 Å². The van der Waals surface area contributed by atoms with Crippen LogP contribution in [0.15, 0.2) is 47.4 Å². The number of benzene rings is 2. The molecule has 0 aromatic heterocycles. The average Bonchev–Trinajstić information content (AvgIpc) is 2.45. The van der Waals surface area contributed by atoms with Crippen LogP contribution in [0.5, 0.6) is 0 Å². The molecule has 1 atom stereocenters. The van der Waals surface area contributed by atoms with E-state index in [1.54, 1.807) is 36.4 Å². The minimum Gasteiger partial charge on any atom is -0.399 e. The van der Waals surface area contributed by atoms with Crippen molar-refractivity contribution >= 4 is 52.2 Å². The van der Waals surface area contributed by atoms with E-state index >= 15 is 0 Å². The van der Waals surface area contributed by atoms with Gasteiger partial charge < -0.3 is 11.1 Å². The highest BCUT2D eigenvalue weighted by atomic mass is 35.5. The molecule has 110 valence electrons. The molecule has 3 N–H and O–H groups in total. The molecule has 0 spiro atoms. The highest BCUT2D eigenvalue weighted by molar-refractivity contribution is 8.00. The van der Waals surface area contributed by atoms with Crippen LogP contribution in [0.4, 0.5) is 11.4 Å². The minimum atomic E-state index is -0.264. The van der Waals surface area contributed by atoms with Crippen LogP contribution >= 0.6 is 35.0 Å². The van der Waals surface area contributed by atoms with Gasteiger partial charge in [-0.25, -0.2) is 0 Å². The zero-order chi connectivity index (χ0) is 15.4. The second-order valence-corrected chi connectivity index (χ2v) is 6.68. The number of carbonyl (C=O) groups is 1. The van der Waals surface area contributed by atoms with Crippen molar-refractivity contribution in [2.45, 2.75) is 17.1 Å². The van der Waals surface area contributed by atoms with E-state index < -0.39 is 0 Å². The summed E-state index contributed by atoms with van der Waals surface area (Å²) in [6.07, 6.45) is 0. The molecule has 0 bridgehead atoms. The van der Waals surface area contributed by atoms with Crippen molar-refractivity contribution in [3.05, 3.63) is 52.5 Å². The van der Waals surface area contributed by atoms with Crippen molar-refractivity contribution in [1.82, 2.24) is 0 Å². The van der Waals surface area contributed by atoms with E-state index in [1.807, 2.05) is 13.0 Å². The fraction of sp³-hybridized carbons (Fsp3) is 0.133. The van der Waals surface area contributed by atoms with E-state index in [4.69, 9.17) is 28.9 Å². The Balaban J connectivity index is 1.98. The van der Waals surface area contributed by atoms with Crippen molar-refractivity contribution < 1.29 is 4.79 Å². The van der Waals surface area contributed by atoms with Gasteiger partial charge in [-0.3, -0.25) is 4.79 Å². The Morgan fingerprint density at radius 2 is 1.81 bits per heavy atom. The van der Waals surface area contributed by atoms with Crippen molar-refractivity contribution in [2.24, 2.45) is 0 Å². The molecule has 0 aliphatic carbocycles. The molecule has 2 aromatic carbocycles. The normalized spacial score (nSPS) is 12.0. The second kappa shape index (κ2) is 7.07. The second-order valence-electron chi connectivity index (χ2n) is 4.45. The summed E-state index contributed by atoms with van der Waals surface area (Å²) in [6.45, 7) is 1.83. The highest BCUT2D eigenvalue weighted by Gasteiger charge is 2.15. The smallest absolute Gasteiger partial charge is 0.237 e.